The van der Waals surface area contributed by atoms with Crippen molar-refractivity contribution in [3.8, 4) is 0 Å². The molecule has 0 fully saturated rings. The third kappa shape index (κ3) is 3.88. The number of hydrogen-bond acceptors (Lipinski definition) is 3. The van der Waals surface area contributed by atoms with E-state index in [1.54, 1.807) is 30.7 Å². The van der Waals surface area contributed by atoms with E-state index in [2.05, 4.69) is 10.3 Å². The summed E-state index contributed by atoms with van der Waals surface area (Å²) >= 11 is 0. The van der Waals surface area contributed by atoms with Crippen molar-refractivity contribution in [2.24, 2.45) is 5.73 Å². The van der Waals surface area contributed by atoms with Crippen LogP contribution in [-0.4, -0.2) is 5.91 Å². The molecule has 84 valence electrons. The van der Waals surface area contributed by atoms with Gasteiger partial charge in [0, 0.05) is 11.8 Å². The lowest BCUT2D eigenvalue weighted by Gasteiger charge is -1.97. The molecule has 0 aliphatic carbocycles. The maximum atomic E-state index is 10.6. The second-order valence-electron chi connectivity index (χ2n) is 3.10. The van der Waals surface area contributed by atoms with Crippen LogP contribution in [0.4, 0.5) is 0 Å². The lowest BCUT2D eigenvalue weighted by molar-refractivity contribution is 0.0999. The number of primary amides is 1. The molecule has 4 nitrogen and oxygen atoms in total. The summed E-state index contributed by atoms with van der Waals surface area (Å²) in [6.07, 6.45) is 6.93. The first-order valence-electron chi connectivity index (χ1n) is 4.80. The van der Waals surface area contributed by atoms with Crippen molar-refractivity contribution < 1.29 is 9.63 Å². The van der Waals surface area contributed by atoms with Gasteiger partial charge in [0.05, 0.1) is 0 Å². The Morgan fingerprint density at radius 3 is 2.38 bits per heavy atom. The summed E-state index contributed by atoms with van der Waals surface area (Å²) in [5, 5.41) is 0. The van der Waals surface area contributed by atoms with Crippen LogP contribution >= 0.6 is 0 Å². The van der Waals surface area contributed by atoms with Gasteiger partial charge in [-0.05, 0) is 30.7 Å². The minimum absolute atomic E-state index is 0.363. The van der Waals surface area contributed by atoms with Crippen LogP contribution in [0.25, 0.3) is 0 Å². The van der Waals surface area contributed by atoms with Gasteiger partial charge in [0.15, 0.2) is 0 Å². The SMILES string of the molecule is C1=CNOC=C1.Cc1ccccc1C(N)=O. The Labute approximate surface area is 94.4 Å². The molecule has 0 saturated carbocycles. The van der Waals surface area contributed by atoms with Crippen molar-refractivity contribution in [2.75, 3.05) is 0 Å². The predicted octanol–water partition coefficient (Wildman–Crippen LogP) is 1.64. The van der Waals surface area contributed by atoms with Crippen molar-refractivity contribution in [3.63, 3.8) is 0 Å². The van der Waals surface area contributed by atoms with E-state index in [0.717, 1.165) is 5.56 Å². The zero-order valence-corrected chi connectivity index (χ0v) is 9.01. The number of carbonyl (C=O) groups excluding carboxylic acids is 1. The molecule has 1 aliphatic rings. The summed E-state index contributed by atoms with van der Waals surface area (Å²) < 4.78 is 0. The minimum atomic E-state index is -0.363. The molecule has 3 N–H and O–H groups in total. The summed E-state index contributed by atoms with van der Waals surface area (Å²) in [6.45, 7) is 1.86. The Hall–Kier alpha value is -2.23. The van der Waals surface area contributed by atoms with E-state index in [9.17, 15) is 4.79 Å². The highest BCUT2D eigenvalue weighted by Gasteiger charge is 2.00. The number of hydroxylamine groups is 1. The Kier molecular flexibility index (Phi) is 4.66. The number of rotatable bonds is 1. The van der Waals surface area contributed by atoms with Gasteiger partial charge in [-0.15, -0.1) is 0 Å². The lowest BCUT2D eigenvalue weighted by Crippen LogP contribution is -2.12. The first-order chi connectivity index (χ1) is 7.72. The van der Waals surface area contributed by atoms with E-state index in [-0.39, 0.29) is 5.91 Å². The number of carbonyl (C=O) groups is 1. The second-order valence-corrected chi connectivity index (χ2v) is 3.10. The Morgan fingerprint density at radius 1 is 1.31 bits per heavy atom. The number of nitrogens with two attached hydrogens (primary N) is 1. The standard InChI is InChI=1S/C8H9NO.C4H5NO/c1-6-4-2-3-5-7(6)8(9)10;1-2-4-6-5-3-1/h2-5H,1H3,(H2,9,10);1-5H. The van der Waals surface area contributed by atoms with Crippen molar-refractivity contribution in [3.05, 3.63) is 60.0 Å². The molecule has 1 heterocycles. The van der Waals surface area contributed by atoms with Crippen LogP contribution in [0.5, 0.6) is 0 Å². The van der Waals surface area contributed by atoms with Crippen LogP contribution < -0.4 is 11.2 Å². The van der Waals surface area contributed by atoms with Gasteiger partial charge in [-0.2, -0.15) is 0 Å². The number of allylic oxidation sites excluding steroid dienone is 2. The van der Waals surface area contributed by atoms with Crippen molar-refractivity contribution in [1.29, 1.82) is 0 Å². The minimum Gasteiger partial charge on any atom is -0.391 e. The van der Waals surface area contributed by atoms with Crippen LogP contribution in [0.1, 0.15) is 15.9 Å². The van der Waals surface area contributed by atoms with Gasteiger partial charge in [-0.1, -0.05) is 18.2 Å². The van der Waals surface area contributed by atoms with Crippen molar-refractivity contribution in [2.45, 2.75) is 6.92 Å². The van der Waals surface area contributed by atoms with Crippen molar-refractivity contribution >= 4 is 5.91 Å². The summed E-state index contributed by atoms with van der Waals surface area (Å²) in [4.78, 5) is 15.2. The Morgan fingerprint density at radius 2 is 2.06 bits per heavy atom. The van der Waals surface area contributed by atoms with E-state index in [1.807, 2.05) is 25.1 Å². The smallest absolute Gasteiger partial charge is 0.248 e. The highest BCUT2D eigenvalue weighted by Crippen LogP contribution is 2.04. The molecule has 1 aromatic carbocycles. The Bertz CT molecular complexity index is 399. The highest BCUT2D eigenvalue weighted by atomic mass is 16.6. The van der Waals surface area contributed by atoms with Crippen LogP contribution in [-0.2, 0) is 4.84 Å². The lowest BCUT2D eigenvalue weighted by atomic mass is 10.1. The summed E-state index contributed by atoms with van der Waals surface area (Å²) in [6, 6.07) is 7.26. The molecular formula is C12H14N2O2. The first-order valence-corrected chi connectivity index (χ1v) is 4.80. The molecular weight excluding hydrogens is 204 g/mol. The van der Waals surface area contributed by atoms with Gasteiger partial charge in [-0.3, -0.25) is 4.79 Å². The fourth-order valence-corrected chi connectivity index (χ4v) is 1.11. The van der Waals surface area contributed by atoms with Gasteiger partial charge in [0.1, 0.15) is 6.26 Å². The van der Waals surface area contributed by atoms with Gasteiger partial charge in [0.2, 0.25) is 5.91 Å². The van der Waals surface area contributed by atoms with E-state index >= 15 is 0 Å². The summed E-state index contributed by atoms with van der Waals surface area (Å²) in [7, 11) is 0. The van der Waals surface area contributed by atoms with Gasteiger partial charge >= 0.3 is 0 Å². The normalized spacial score (nSPS) is 11.8. The molecule has 0 unspecified atom stereocenters. The summed E-state index contributed by atoms with van der Waals surface area (Å²) in [5.74, 6) is -0.363. The molecule has 0 aromatic heterocycles. The zero-order valence-electron chi connectivity index (χ0n) is 9.01. The molecule has 0 spiro atoms. The van der Waals surface area contributed by atoms with E-state index < -0.39 is 0 Å². The quantitative estimate of drug-likeness (QED) is 0.753. The molecule has 0 radical (unpaired) electrons. The van der Waals surface area contributed by atoms with Gasteiger partial charge in [0.25, 0.3) is 0 Å². The molecule has 1 aliphatic heterocycles. The zero-order chi connectivity index (χ0) is 11.8. The first kappa shape index (κ1) is 11.8. The van der Waals surface area contributed by atoms with E-state index in [0.29, 0.717) is 5.56 Å². The molecule has 16 heavy (non-hydrogen) atoms. The molecule has 0 saturated heterocycles. The molecule has 4 heteroatoms. The van der Waals surface area contributed by atoms with Crippen molar-refractivity contribution in [1.82, 2.24) is 5.48 Å². The molecule has 0 bridgehead atoms. The number of hydrogen-bond donors (Lipinski definition) is 2. The molecule has 0 atom stereocenters. The molecule has 2 rings (SSSR count). The number of aryl methyl sites for hydroxylation is 1. The van der Waals surface area contributed by atoms with E-state index in [4.69, 9.17) is 5.73 Å². The maximum absolute atomic E-state index is 10.6. The average Bonchev–Trinajstić information content (AvgIpc) is 2.32. The topological polar surface area (TPSA) is 64.3 Å². The van der Waals surface area contributed by atoms with Gasteiger partial charge in [-0.25, -0.2) is 5.48 Å². The fourth-order valence-electron chi connectivity index (χ4n) is 1.11. The molecule has 1 amide bonds. The fraction of sp³-hybridized carbons (Fsp3) is 0.0833. The highest BCUT2D eigenvalue weighted by molar-refractivity contribution is 5.94. The molecule has 1 aromatic rings. The summed E-state index contributed by atoms with van der Waals surface area (Å²) in [5.41, 5.74) is 9.12. The third-order valence-corrected chi connectivity index (χ3v) is 1.90. The second kappa shape index (κ2) is 6.29. The number of nitrogens with one attached hydrogen (secondary N) is 1. The third-order valence-electron chi connectivity index (χ3n) is 1.90. The van der Waals surface area contributed by atoms with Gasteiger partial charge < -0.3 is 10.6 Å². The average molecular weight is 218 g/mol. The van der Waals surface area contributed by atoms with Crippen LogP contribution in [0, 0.1) is 6.92 Å². The predicted molar refractivity (Wildman–Crippen MR) is 62.2 cm³/mol. The number of benzene rings is 1. The largest absolute Gasteiger partial charge is 0.391 e. The Balaban J connectivity index is 0.000000181. The van der Waals surface area contributed by atoms with Crippen LogP contribution in [0.15, 0.2) is 48.9 Å². The van der Waals surface area contributed by atoms with Crippen LogP contribution in [0.2, 0.25) is 0 Å². The maximum Gasteiger partial charge on any atom is 0.248 e. The van der Waals surface area contributed by atoms with Crippen LogP contribution in [0.3, 0.4) is 0 Å². The number of amides is 1. The monoisotopic (exact) mass is 218 g/mol. The van der Waals surface area contributed by atoms with E-state index in [1.165, 1.54) is 0 Å².